The van der Waals surface area contributed by atoms with E-state index in [0.717, 1.165) is 5.56 Å². The lowest BCUT2D eigenvalue weighted by atomic mass is 10.1. The third-order valence-corrected chi connectivity index (χ3v) is 1.97. The minimum Gasteiger partial charge on any atom is -0.480 e. The van der Waals surface area contributed by atoms with Crippen molar-refractivity contribution in [2.75, 3.05) is 0 Å². The fourth-order valence-corrected chi connectivity index (χ4v) is 0.955. The zero-order valence-corrected chi connectivity index (χ0v) is 11.2. The molecule has 19 heavy (non-hydrogen) atoms. The first-order valence-corrected chi connectivity index (χ1v) is 5.27. The maximum absolute atomic E-state index is 10.4. The molecule has 1 unspecified atom stereocenters. The van der Waals surface area contributed by atoms with Crippen molar-refractivity contribution < 1.29 is 24.9 Å². The Bertz CT molecular complexity index is 383. The van der Waals surface area contributed by atoms with Crippen LogP contribution in [0.1, 0.15) is 12.5 Å². The van der Waals surface area contributed by atoms with Crippen LogP contribution < -0.4 is 5.73 Å². The van der Waals surface area contributed by atoms with E-state index < -0.39 is 24.1 Å². The van der Waals surface area contributed by atoms with E-state index in [0.29, 0.717) is 6.42 Å². The molecule has 6 nitrogen and oxygen atoms in total. The number of hydrogen-bond donors (Lipinski definition) is 4. The molecule has 0 amide bonds. The fourth-order valence-electron chi connectivity index (χ4n) is 0.955. The normalized spacial score (nSPS) is 12.2. The quantitative estimate of drug-likeness (QED) is 0.641. The molecule has 5 N–H and O–H groups in total. The average Bonchev–Trinajstić information content (AvgIpc) is 2.30. The predicted molar refractivity (Wildman–Crippen MR) is 72.3 cm³/mol. The Balaban J connectivity index is 0. The van der Waals surface area contributed by atoms with Crippen LogP contribution in [0.25, 0.3) is 0 Å². The van der Waals surface area contributed by atoms with Gasteiger partial charge in [-0.1, -0.05) is 30.3 Å². The summed E-state index contributed by atoms with van der Waals surface area (Å²) in [6.45, 7) is 1.20. The second-order valence-corrected chi connectivity index (χ2v) is 3.65. The van der Waals surface area contributed by atoms with E-state index >= 15 is 0 Å². The van der Waals surface area contributed by atoms with Crippen LogP contribution in [-0.2, 0) is 16.0 Å². The molecule has 0 radical (unpaired) electrons. The van der Waals surface area contributed by atoms with Crippen LogP contribution in [0.2, 0.25) is 0 Å². The first-order chi connectivity index (χ1) is 8.34. The number of rotatable bonds is 4. The number of benzene rings is 1. The highest BCUT2D eigenvalue weighted by molar-refractivity contribution is 5.85. The molecule has 0 aliphatic carbocycles. The summed E-state index contributed by atoms with van der Waals surface area (Å²) in [6, 6.07) is 8.54. The van der Waals surface area contributed by atoms with Gasteiger partial charge < -0.3 is 21.1 Å². The summed E-state index contributed by atoms with van der Waals surface area (Å²) in [6.07, 6.45) is -0.846. The van der Waals surface area contributed by atoms with Crippen molar-refractivity contribution in [1.29, 1.82) is 0 Å². The van der Waals surface area contributed by atoms with Crippen LogP contribution in [0.5, 0.6) is 0 Å². The van der Waals surface area contributed by atoms with Gasteiger partial charge >= 0.3 is 11.9 Å². The summed E-state index contributed by atoms with van der Waals surface area (Å²) in [4.78, 5) is 19.8. The Labute approximate surface area is 117 Å². The van der Waals surface area contributed by atoms with Crippen LogP contribution in [0, 0.1) is 0 Å². The number of aliphatic carboxylic acids is 2. The molecular formula is C12H18ClNO5. The lowest BCUT2D eigenvalue weighted by Gasteiger charge is -2.04. The monoisotopic (exact) mass is 291 g/mol. The molecular weight excluding hydrogens is 274 g/mol. The average molecular weight is 292 g/mol. The van der Waals surface area contributed by atoms with Crippen LogP contribution in [0.15, 0.2) is 30.3 Å². The summed E-state index contributed by atoms with van der Waals surface area (Å²) in [7, 11) is 0. The van der Waals surface area contributed by atoms with Crippen molar-refractivity contribution in [3.8, 4) is 0 Å². The van der Waals surface area contributed by atoms with Gasteiger partial charge in [0.2, 0.25) is 0 Å². The highest BCUT2D eigenvalue weighted by Gasteiger charge is 2.10. The Kier molecular flexibility index (Phi) is 10.7. The molecule has 0 saturated heterocycles. The van der Waals surface area contributed by atoms with Crippen LogP contribution in [0.4, 0.5) is 0 Å². The van der Waals surface area contributed by atoms with Crippen molar-refractivity contribution >= 4 is 24.3 Å². The largest absolute Gasteiger partial charge is 0.480 e. The second kappa shape index (κ2) is 10.3. The van der Waals surface area contributed by atoms with E-state index in [1.165, 1.54) is 6.92 Å². The number of carboxylic acids is 2. The Hall–Kier alpha value is -1.63. The number of carbonyl (C=O) groups is 2. The Morgan fingerprint density at radius 2 is 1.58 bits per heavy atom. The zero-order chi connectivity index (χ0) is 14.1. The third kappa shape index (κ3) is 10.0. The molecule has 0 bridgehead atoms. The fraction of sp³-hybridized carbons (Fsp3) is 0.333. The molecule has 108 valence electrons. The highest BCUT2D eigenvalue weighted by Crippen LogP contribution is 2.01. The van der Waals surface area contributed by atoms with E-state index in [9.17, 15) is 9.59 Å². The molecule has 0 heterocycles. The molecule has 0 saturated carbocycles. The molecule has 0 fully saturated rings. The first-order valence-electron chi connectivity index (χ1n) is 5.27. The number of aliphatic hydroxyl groups excluding tert-OH is 1. The van der Waals surface area contributed by atoms with Crippen LogP contribution in [-0.4, -0.2) is 39.4 Å². The summed E-state index contributed by atoms with van der Waals surface area (Å²) < 4.78 is 0. The third-order valence-electron chi connectivity index (χ3n) is 1.97. The predicted octanol–water partition coefficient (Wildman–Crippen LogP) is 0.515. The van der Waals surface area contributed by atoms with Gasteiger partial charge in [0.25, 0.3) is 0 Å². The summed E-state index contributed by atoms with van der Waals surface area (Å²) in [5.74, 6) is -2.14. The van der Waals surface area contributed by atoms with Crippen molar-refractivity contribution in [1.82, 2.24) is 0 Å². The molecule has 1 rings (SSSR count). The number of aliphatic hydroxyl groups is 1. The van der Waals surface area contributed by atoms with Gasteiger partial charge in [-0.2, -0.15) is 0 Å². The zero-order valence-electron chi connectivity index (χ0n) is 10.4. The van der Waals surface area contributed by atoms with Gasteiger partial charge in [-0.15, -0.1) is 12.4 Å². The van der Waals surface area contributed by atoms with Gasteiger partial charge in [-0.25, -0.2) is 4.79 Å². The van der Waals surface area contributed by atoms with Gasteiger partial charge in [0, 0.05) is 0 Å². The number of carboxylic acid groups (broad SMARTS) is 2. The second-order valence-electron chi connectivity index (χ2n) is 3.65. The molecule has 7 heteroatoms. The number of nitrogens with two attached hydrogens (primary N) is 1. The molecule has 1 aromatic carbocycles. The van der Waals surface area contributed by atoms with Crippen molar-refractivity contribution in [2.24, 2.45) is 5.73 Å². The minimum atomic E-state index is -1.23. The van der Waals surface area contributed by atoms with E-state index in [-0.39, 0.29) is 12.4 Å². The standard InChI is InChI=1S/C9H11NO2.C3H6O3.ClH/c10-8(9(11)12)6-7-4-2-1-3-5-7;1-2(4)3(5)6;/h1-5,8H,6,10H2,(H,11,12);2,4H,1H3,(H,5,6);1H/t8-;;/m0../s1. The van der Waals surface area contributed by atoms with Crippen molar-refractivity contribution in [3.05, 3.63) is 35.9 Å². The molecule has 1 aromatic rings. The minimum absolute atomic E-state index is 0. The van der Waals surface area contributed by atoms with Crippen molar-refractivity contribution in [2.45, 2.75) is 25.5 Å². The number of halogens is 1. The van der Waals surface area contributed by atoms with Crippen LogP contribution in [0.3, 0.4) is 0 Å². The Morgan fingerprint density at radius 1 is 1.16 bits per heavy atom. The lowest BCUT2D eigenvalue weighted by molar-refractivity contribution is -0.145. The van der Waals surface area contributed by atoms with Gasteiger partial charge in [0.05, 0.1) is 0 Å². The molecule has 0 aromatic heterocycles. The van der Waals surface area contributed by atoms with Crippen LogP contribution >= 0.6 is 12.4 Å². The smallest absolute Gasteiger partial charge is 0.332 e. The maximum atomic E-state index is 10.4. The lowest BCUT2D eigenvalue weighted by Crippen LogP contribution is -2.32. The summed E-state index contributed by atoms with van der Waals surface area (Å²) >= 11 is 0. The van der Waals surface area contributed by atoms with E-state index in [1.54, 1.807) is 0 Å². The topological polar surface area (TPSA) is 121 Å². The SMILES string of the molecule is CC(O)C(=O)O.Cl.N[C@@H](Cc1ccccc1)C(=O)O. The molecule has 2 atom stereocenters. The number of hydrogen-bond acceptors (Lipinski definition) is 4. The van der Waals surface area contributed by atoms with Crippen molar-refractivity contribution in [3.63, 3.8) is 0 Å². The summed E-state index contributed by atoms with van der Waals surface area (Å²) in [5, 5.41) is 24.3. The van der Waals surface area contributed by atoms with Gasteiger partial charge in [-0.3, -0.25) is 4.79 Å². The van der Waals surface area contributed by atoms with Gasteiger partial charge in [-0.05, 0) is 18.9 Å². The molecule has 0 aliphatic heterocycles. The first kappa shape index (κ1) is 19.7. The maximum Gasteiger partial charge on any atom is 0.332 e. The van der Waals surface area contributed by atoms with Gasteiger partial charge in [0.15, 0.2) is 0 Å². The van der Waals surface area contributed by atoms with E-state index in [2.05, 4.69) is 0 Å². The van der Waals surface area contributed by atoms with E-state index in [4.69, 9.17) is 21.1 Å². The van der Waals surface area contributed by atoms with Gasteiger partial charge in [0.1, 0.15) is 12.1 Å². The molecule has 0 aliphatic rings. The Morgan fingerprint density at radius 3 is 1.89 bits per heavy atom. The molecule has 0 spiro atoms. The van der Waals surface area contributed by atoms with E-state index in [1.807, 2.05) is 30.3 Å². The highest BCUT2D eigenvalue weighted by atomic mass is 35.5. The summed E-state index contributed by atoms with van der Waals surface area (Å²) in [5.41, 5.74) is 6.30.